The van der Waals surface area contributed by atoms with Gasteiger partial charge in [-0.1, -0.05) is 6.07 Å². The van der Waals surface area contributed by atoms with E-state index in [4.69, 9.17) is 4.74 Å². The van der Waals surface area contributed by atoms with Crippen LogP contribution in [0.4, 0.5) is 10.7 Å². The zero-order valence-corrected chi connectivity index (χ0v) is 19.7. The van der Waals surface area contributed by atoms with Gasteiger partial charge in [0.2, 0.25) is 0 Å². The fourth-order valence-corrected chi connectivity index (χ4v) is 5.54. The number of esters is 1. The number of amides is 1. The molecule has 2 aromatic heterocycles. The average molecular weight is 477 g/mol. The summed E-state index contributed by atoms with van der Waals surface area (Å²) >= 11 is 3.41. The summed E-state index contributed by atoms with van der Waals surface area (Å²) in [6, 6.07) is 11.0. The van der Waals surface area contributed by atoms with Crippen molar-refractivity contribution in [1.82, 2.24) is 0 Å². The van der Waals surface area contributed by atoms with E-state index >= 15 is 0 Å². The molecule has 1 amide bonds. The molecule has 0 radical (unpaired) electrons. The summed E-state index contributed by atoms with van der Waals surface area (Å²) < 4.78 is 5.01. The molecule has 31 heavy (non-hydrogen) atoms. The standard InChI is InChI=1S/C23H24N2O3S2.ClH/c1-2-28-23(27)15-9-11-16(12-10-15)25-21(26)20-18-7-3-4-8-19(18)30-22(20)24-14-17-6-5-13-29-17;/h5-6,9-13,24H,2-4,7-8,14H2,1H3,(H,25,26);1H. The fraction of sp³-hybridized carbons (Fsp3) is 0.304. The van der Waals surface area contributed by atoms with E-state index in [9.17, 15) is 9.59 Å². The first-order valence-electron chi connectivity index (χ1n) is 10.1. The predicted molar refractivity (Wildman–Crippen MR) is 130 cm³/mol. The number of anilines is 2. The van der Waals surface area contributed by atoms with Crippen molar-refractivity contribution in [1.29, 1.82) is 0 Å². The van der Waals surface area contributed by atoms with E-state index in [2.05, 4.69) is 22.1 Å². The number of halogens is 1. The first kappa shape index (κ1) is 23.3. The SMILES string of the molecule is CCOC(=O)c1ccc(NC(=O)c2c(NCc3cccs3)sc3c2CCCC3)cc1.Cl. The fourth-order valence-electron chi connectivity index (χ4n) is 3.61. The molecule has 0 saturated heterocycles. The first-order valence-corrected chi connectivity index (χ1v) is 11.8. The summed E-state index contributed by atoms with van der Waals surface area (Å²) in [6.07, 6.45) is 4.27. The number of fused-ring (bicyclic) bond motifs is 1. The van der Waals surface area contributed by atoms with E-state index in [0.717, 1.165) is 29.8 Å². The number of nitrogens with one attached hydrogen (secondary N) is 2. The van der Waals surface area contributed by atoms with Crippen molar-refractivity contribution in [2.24, 2.45) is 0 Å². The van der Waals surface area contributed by atoms with Gasteiger partial charge in [-0.15, -0.1) is 35.1 Å². The summed E-state index contributed by atoms with van der Waals surface area (Å²) in [6.45, 7) is 2.82. The van der Waals surface area contributed by atoms with Gasteiger partial charge in [-0.25, -0.2) is 4.79 Å². The summed E-state index contributed by atoms with van der Waals surface area (Å²) in [5, 5.41) is 9.49. The van der Waals surface area contributed by atoms with Crippen molar-refractivity contribution in [3.05, 3.63) is 68.2 Å². The lowest BCUT2D eigenvalue weighted by molar-refractivity contribution is 0.0526. The third-order valence-corrected chi connectivity index (χ3v) is 7.18. The van der Waals surface area contributed by atoms with Crippen molar-refractivity contribution < 1.29 is 14.3 Å². The van der Waals surface area contributed by atoms with Gasteiger partial charge in [-0.3, -0.25) is 4.79 Å². The van der Waals surface area contributed by atoms with Crippen LogP contribution in [0.25, 0.3) is 0 Å². The molecule has 0 atom stereocenters. The monoisotopic (exact) mass is 476 g/mol. The molecule has 0 fully saturated rings. The van der Waals surface area contributed by atoms with E-state index in [0.29, 0.717) is 24.4 Å². The molecule has 164 valence electrons. The van der Waals surface area contributed by atoms with Crippen molar-refractivity contribution in [2.75, 3.05) is 17.2 Å². The highest BCUT2D eigenvalue weighted by atomic mass is 35.5. The van der Waals surface area contributed by atoms with E-state index in [1.165, 1.54) is 21.7 Å². The zero-order chi connectivity index (χ0) is 20.9. The molecule has 2 heterocycles. The molecule has 5 nitrogen and oxygen atoms in total. The van der Waals surface area contributed by atoms with Crippen molar-refractivity contribution >= 4 is 57.6 Å². The van der Waals surface area contributed by atoms with Crippen molar-refractivity contribution in [3.63, 3.8) is 0 Å². The summed E-state index contributed by atoms with van der Waals surface area (Å²) in [5.41, 5.74) is 3.08. The number of hydrogen-bond donors (Lipinski definition) is 2. The second kappa shape index (κ2) is 10.8. The van der Waals surface area contributed by atoms with Gasteiger partial charge in [-0.05, 0) is 73.9 Å². The largest absolute Gasteiger partial charge is 0.462 e. The Balaban J connectivity index is 0.00000272. The number of carbonyl (C=O) groups is 2. The highest BCUT2D eigenvalue weighted by molar-refractivity contribution is 7.16. The number of rotatable bonds is 7. The van der Waals surface area contributed by atoms with Gasteiger partial charge in [0.05, 0.1) is 24.3 Å². The quantitative estimate of drug-likeness (QED) is 0.401. The molecule has 1 aliphatic carbocycles. The molecule has 0 saturated carbocycles. The van der Waals surface area contributed by atoms with Gasteiger partial charge >= 0.3 is 5.97 Å². The minimum absolute atomic E-state index is 0. The molecule has 4 rings (SSSR count). The summed E-state index contributed by atoms with van der Waals surface area (Å²) in [7, 11) is 0. The highest BCUT2D eigenvalue weighted by Crippen LogP contribution is 2.39. The maximum atomic E-state index is 13.2. The number of thiophene rings is 2. The Labute approximate surface area is 196 Å². The maximum absolute atomic E-state index is 13.2. The van der Waals surface area contributed by atoms with Gasteiger partial charge in [0.25, 0.3) is 5.91 Å². The lowest BCUT2D eigenvalue weighted by Crippen LogP contribution is -2.16. The summed E-state index contributed by atoms with van der Waals surface area (Å²) in [5.74, 6) is -0.464. The lowest BCUT2D eigenvalue weighted by atomic mass is 9.95. The van der Waals surface area contributed by atoms with Crippen LogP contribution in [-0.4, -0.2) is 18.5 Å². The normalized spacial score (nSPS) is 12.4. The van der Waals surface area contributed by atoms with Crippen LogP contribution < -0.4 is 10.6 Å². The second-order valence-electron chi connectivity index (χ2n) is 7.10. The van der Waals surface area contributed by atoms with Gasteiger partial charge in [0.1, 0.15) is 5.00 Å². The number of carbonyl (C=O) groups excluding carboxylic acids is 2. The topological polar surface area (TPSA) is 67.4 Å². The predicted octanol–water partition coefficient (Wildman–Crippen LogP) is 6.15. The zero-order valence-electron chi connectivity index (χ0n) is 17.2. The van der Waals surface area contributed by atoms with E-state index in [1.54, 1.807) is 53.9 Å². The molecule has 1 aromatic carbocycles. The molecular formula is C23H25ClN2O3S2. The molecule has 0 aliphatic heterocycles. The lowest BCUT2D eigenvalue weighted by Gasteiger charge is -2.13. The third kappa shape index (κ3) is 5.47. The molecule has 2 N–H and O–H groups in total. The molecule has 3 aromatic rings. The van der Waals surface area contributed by atoms with Gasteiger partial charge < -0.3 is 15.4 Å². The van der Waals surface area contributed by atoms with Crippen LogP contribution in [0.3, 0.4) is 0 Å². The van der Waals surface area contributed by atoms with E-state index < -0.39 is 0 Å². The van der Waals surface area contributed by atoms with Crippen LogP contribution in [-0.2, 0) is 24.1 Å². The van der Waals surface area contributed by atoms with Gasteiger partial charge in [0, 0.05) is 15.4 Å². The van der Waals surface area contributed by atoms with E-state index in [1.807, 2.05) is 6.07 Å². The smallest absolute Gasteiger partial charge is 0.338 e. The first-order chi connectivity index (χ1) is 14.7. The average Bonchev–Trinajstić information content (AvgIpc) is 3.40. The van der Waals surface area contributed by atoms with Gasteiger partial charge in [0.15, 0.2) is 0 Å². The van der Waals surface area contributed by atoms with Crippen molar-refractivity contribution in [2.45, 2.75) is 39.2 Å². The molecule has 0 unspecified atom stereocenters. The molecule has 0 spiro atoms. The Morgan fingerprint density at radius 1 is 1.10 bits per heavy atom. The highest BCUT2D eigenvalue weighted by Gasteiger charge is 2.25. The van der Waals surface area contributed by atoms with Crippen LogP contribution in [0.2, 0.25) is 0 Å². The number of benzene rings is 1. The van der Waals surface area contributed by atoms with Crippen LogP contribution >= 0.6 is 35.1 Å². The Morgan fingerprint density at radius 2 is 1.87 bits per heavy atom. The Bertz CT molecular complexity index is 1030. The Hall–Kier alpha value is -2.35. The molecule has 8 heteroatoms. The minimum atomic E-state index is -0.359. The van der Waals surface area contributed by atoms with Crippen molar-refractivity contribution in [3.8, 4) is 0 Å². The van der Waals surface area contributed by atoms with E-state index in [-0.39, 0.29) is 24.3 Å². The van der Waals surface area contributed by atoms with Crippen LogP contribution in [0.1, 0.15) is 55.8 Å². The molecule has 0 bridgehead atoms. The van der Waals surface area contributed by atoms with Crippen LogP contribution in [0, 0.1) is 0 Å². The Kier molecular flexibility index (Phi) is 8.12. The third-order valence-electron chi connectivity index (χ3n) is 5.06. The number of ether oxygens (including phenoxy) is 1. The second-order valence-corrected chi connectivity index (χ2v) is 9.24. The Morgan fingerprint density at radius 3 is 2.58 bits per heavy atom. The number of hydrogen-bond acceptors (Lipinski definition) is 6. The maximum Gasteiger partial charge on any atom is 0.338 e. The van der Waals surface area contributed by atoms with Crippen LogP contribution in [0.15, 0.2) is 41.8 Å². The summed E-state index contributed by atoms with van der Waals surface area (Å²) in [4.78, 5) is 27.6. The molecular weight excluding hydrogens is 452 g/mol. The van der Waals surface area contributed by atoms with Gasteiger partial charge in [-0.2, -0.15) is 0 Å². The number of aryl methyl sites for hydroxylation is 1. The molecule has 1 aliphatic rings. The minimum Gasteiger partial charge on any atom is -0.462 e. The van der Waals surface area contributed by atoms with Crippen LogP contribution in [0.5, 0.6) is 0 Å².